The van der Waals surface area contributed by atoms with Gasteiger partial charge in [0.15, 0.2) is 0 Å². The number of carbonyl (C=O) groups excluding carboxylic acids is 2. The van der Waals surface area contributed by atoms with Gasteiger partial charge in [-0.3, -0.25) is 0 Å². The lowest BCUT2D eigenvalue weighted by atomic mass is 9.84. The topological polar surface area (TPSA) is 55.8 Å². The number of rotatable bonds is 16. The molecule has 5 heteroatoms. The number of carbonyl (C=O) groups is 2. The van der Waals surface area contributed by atoms with Gasteiger partial charge in [-0.2, -0.15) is 0 Å². The van der Waals surface area contributed by atoms with E-state index in [2.05, 4.69) is 228 Å². The van der Waals surface area contributed by atoms with Crippen LogP contribution in [0.1, 0.15) is 78.2 Å². The Balaban J connectivity index is 1.09. The molecule has 9 aromatic carbocycles. The Morgan fingerprint density at radius 2 is 0.622 bits per heavy atom. The molecule has 0 saturated heterocycles. The Morgan fingerprint density at radius 3 is 0.932 bits per heavy atom. The fourth-order valence-electron chi connectivity index (χ4n) is 8.98. The minimum Gasteiger partial charge on any atom is -0.423 e. The van der Waals surface area contributed by atoms with E-state index in [1.54, 1.807) is 24.3 Å². The van der Waals surface area contributed by atoms with E-state index in [-0.39, 0.29) is 5.92 Å². The third-order valence-corrected chi connectivity index (χ3v) is 13.1. The number of hydrogen-bond acceptors (Lipinski definition) is 5. The predicted molar refractivity (Wildman–Crippen MR) is 305 cm³/mol. The van der Waals surface area contributed by atoms with Crippen LogP contribution in [0.15, 0.2) is 244 Å². The molecule has 0 aliphatic rings. The Labute approximate surface area is 435 Å². The minimum absolute atomic E-state index is 0.0673. The number of nitrogens with zero attached hydrogens (tertiary/aromatic N) is 1. The van der Waals surface area contributed by atoms with Gasteiger partial charge < -0.3 is 14.4 Å². The maximum Gasteiger partial charge on any atom is 0.335 e. The molecule has 0 spiro atoms. The van der Waals surface area contributed by atoms with Crippen LogP contribution in [0.5, 0.6) is 11.5 Å². The van der Waals surface area contributed by atoms with Crippen molar-refractivity contribution in [1.29, 1.82) is 0 Å². The maximum absolute atomic E-state index is 12.1. The van der Waals surface area contributed by atoms with Gasteiger partial charge in [-0.25, -0.2) is 9.59 Å². The highest BCUT2D eigenvalue weighted by Crippen LogP contribution is 2.38. The molecule has 0 bridgehead atoms. The number of ether oxygens (including phenoxy) is 2. The van der Waals surface area contributed by atoms with Gasteiger partial charge in [0.25, 0.3) is 0 Å². The Bertz CT molecular complexity index is 3130. The van der Waals surface area contributed by atoms with Crippen LogP contribution >= 0.6 is 0 Å². The largest absolute Gasteiger partial charge is 0.423 e. The lowest BCUT2D eigenvalue weighted by Gasteiger charge is -2.26. The highest BCUT2D eigenvalue weighted by molar-refractivity contribution is 5.95. The molecule has 362 valence electrons. The average Bonchev–Trinajstić information content (AvgIpc) is 3.43. The van der Waals surface area contributed by atoms with Gasteiger partial charge in [0.1, 0.15) is 11.5 Å². The summed E-state index contributed by atoms with van der Waals surface area (Å²) in [5.74, 6) is -0.105. The molecule has 0 radical (unpaired) electrons. The molecule has 0 aliphatic heterocycles. The molecule has 5 nitrogen and oxygen atoms in total. The Kier molecular flexibility index (Phi) is 15.3. The molecule has 0 atom stereocenters. The number of aryl methyl sites for hydroxylation is 4. The summed E-state index contributed by atoms with van der Waals surface area (Å²) in [4.78, 5) is 26.5. The summed E-state index contributed by atoms with van der Waals surface area (Å²) in [7, 11) is 0. The van der Waals surface area contributed by atoms with E-state index in [0.717, 1.165) is 73.7 Å². The zero-order valence-electron chi connectivity index (χ0n) is 42.2. The van der Waals surface area contributed by atoms with Gasteiger partial charge >= 0.3 is 11.9 Å². The third kappa shape index (κ3) is 12.0. The molecule has 0 amide bonds. The fraction of sp³-hybridized carbons (Fsp3) is 0.0725. The van der Waals surface area contributed by atoms with Crippen molar-refractivity contribution in [1.82, 2.24) is 0 Å². The van der Waals surface area contributed by atoms with Crippen LogP contribution in [0.2, 0.25) is 0 Å². The molecular weight excluding hydrogens is 907 g/mol. The van der Waals surface area contributed by atoms with Crippen molar-refractivity contribution in [2.24, 2.45) is 0 Å². The lowest BCUT2D eigenvalue weighted by molar-refractivity contribution is -0.129. The number of anilines is 3. The van der Waals surface area contributed by atoms with E-state index >= 15 is 0 Å². The standard InChI is InChI=1S/C69H57NO4/c1-7-67(71)73-63-41-31-55(32-42-63)65(45-51-17-25-59(26-18-51)69(57-21-9-47(3)10-22-57)58-23-11-48(4)12-24-58)53-27-29-54(30-28-53)66(56-33-43-64(44-34-56)74-68(72)8-2)46-52-19-39-62(40-20-52)70(60-35-13-49(5)14-36-60)61-37-15-50(6)16-38-61/h7-46,69H,1-2H2,3-6H3. The van der Waals surface area contributed by atoms with Crippen LogP contribution in [-0.2, 0) is 9.59 Å². The van der Waals surface area contributed by atoms with E-state index in [9.17, 15) is 9.59 Å². The Hall–Kier alpha value is -9.32. The van der Waals surface area contributed by atoms with Gasteiger partial charge in [0.2, 0.25) is 0 Å². The van der Waals surface area contributed by atoms with Crippen LogP contribution < -0.4 is 14.4 Å². The van der Waals surface area contributed by atoms with Gasteiger partial charge in [0, 0.05) is 35.1 Å². The van der Waals surface area contributed by atoms with E-state index in [1.165, 1.54) is 38.9 Å². The fourth-order valence-corrected chi connectivity index (χ4v) is 8.98. The van der Waals surface area contributed by atoms with Crippen LogP contribution in [0.4, 0.5) is 17.1 Å². The number of hydrogen-bond donors (Lipinski definition) is 0. The first-order valence-corrected chi connectivity index (χ1v) is 24.7. The molecule has 74 heavy (non-hydrogen) atoms. The normalized spacial score (nSPS) is 11.5. The first-order valence-electron chi connectivity index (χ1n) is 24.7. The van der Waals surface area contributed by atoms with Crippen LogP contribution in [-0.4, -0.2) is 11.9 Å². The molecule has 0 aromatic heterocycles. The van der Waals surface area contributed by atoms with Crippen molar-refractivity contribution in [3.8, 4) is 11.5 Å². The van der Waals surface area contributed by atoms with Crippen LogP contribution in [0.3, 0.4) is 0 Å². The van der Waals surface area contributed by atoms with E-state index in [4.69, 9.17) is 9.47 Å². The second kappa shape index (κ2) is 22.8. The highest BCUT2D eigenvalue weighted by atomic mass is 16.5. The minimum atomic E-state index is -0.518. The number of esters is 2. The zero-order chi connectivity index (χ0) is 51.6. The van der Waals surface area contributed by atoms with E-state index < -0.39 is 11.9 Å². The van der Waals surface area contributed by atoms with Gasteiger partial charge in [-0.05, 0) is 162 Å². The average molecular weight is 964 g/mol. The zero-order valence-corrected chi connectivity index (χ0v) is 42.2. The molecule has 0 fully saturated rings. The highest BCUT2D eigenvalue weighted by Gasteiger charge is 2.18. The summed E-state index contributed by atoms with van der Waals surface area (Å²) >= 11 is 0. The summed E-state index contributed by atoms with van der Waals surface area (Å²) in [6.07, 6.45) is 6.70. The van der Waals surface area contributed by atoms with Gasteiger partial charge in [-0.15, -0.1) is 0 Å². The summed E-state index contributed by atoms with van der Waals surface area (Å²) < 4.78 is 10.9. The lowest BCUT2D eigenvalue weighted by Crippen LogP contribution is -2.09. The van der Waals surface area contributed by atoms with Crippen molar-refractivity contribution in [3.63, 3.8) is 0 Å². The summed E-state index contributed by atoms with van der Waals surface area (Å²) in [5, 5.41) is 0. The van der Waals surface area contributed by atoms with Crippen molar-refractivity contribution in [3.05, 3.63) is 316 Å². The molecule has 0 saturated carbocycles. The predicted octanol–water partition coefficient (Wildman–Crippen LogP) is 16.9. The second-order valence-corrected chi connectivity index (χ2v) is 18.5. The molecule has 0 N–H and O–H groups in total. The molecule has 0 heterocycles. The van der Waals surface area contributed by atoms with Crippen molar-refractivity contribution in [2.75, 3.05) is 4.90 Å². The van der Waals surface area contributed by atoms with Crippen LogP contribution in [0, 0.1) is 27.7 Å². The molecular formula is C69H57NO4. The van der Waals surface area contributed by atoms with Gasteiger partial charge in [0.05, 0.1) is 0 Å². The second-order valence-electron chi connectivity index (χ2n) is 18.5. The summed E-state index contributed by atoms with van der Waals surface area (Å²) in [6, 6.07) is 75.9. The smallest absolute Gasteiger partial charge is 0.335 e. The number of benzene rings is 9. The maximum atomic E-state index is 12.1. The van der Waals surface area contributed by atoms with E-state index in [1.807, 2.05) is 24.3 Å². The molecule has 0 aliphatic carbocycles. The molecule has 0 unspecified atom stereocenters. The SMILES string of the molecule is C=CC(=O)Oc1ccc(C(=Cc2ccc(C(c3ccc(C)cc3)c3ccc(C)cc3)cc2)c2ccc(C(=Cc3ccc(N(c4ccc(C)cc4)c4ccc(C)cc4)cc3)c3ccc(OC(=O)C=C)cc3)cc2)cc1. The van der Waals surface area contributed by atoms with Crippen molar-refractivity contribution >= 4 is 52.3 Å². The quantitative estimate of drug-likeness (QED) is 0.0317. The third-order valence-electron chi connectivity index (χ3n) is 13.1. The van der Waals surface area contributed by atoms with Gasteiger partial charge in [-0.1, -0.05) is 193 Å². The van der Waals surface area contributed by atoms with Crippen molar-refractivity contribution in [2.45, 2.75) is 33.6 Å². The van der Waals surface area contributed by atoms with Crippen molar-refractivity contribution < 1.29 is 19.1 Å². The first-order chi connectivity index (χ1) is 36.0. The summed E-state index contributed by atoms with van der Waals surface area (Å²) in [5.41, 5.74) is 19.6. The first kappa shape index (κ1) is 49.7. The molecule has 9 rings (SSSR count). The van der Waals surface area contributed by atoms with E-state index in [0.29, 0.717) is 11.5 Å². The molecule has 9 aromatic rings. The Morgan fingerprint density at radius 1 is 0.365 bits per heavy atom. The monoisotopic (exact) mass is 963 g/mol. The summed E-state index contributed by atoms with van der Waals surface area (Å²) in [6.45, 7) is 15.5. The van der Waals surface area contributed by atoms with Crippen LogP contribution in [0.25, 0.3) is 23.3 Å².